The molecule has 0 amide bonds. The first-order valence-corrected chi connectivity index (χ1v) is 15.9. The lowest BCUT2D eigenvalue weighted by atomic mass is 9.34. The second-order valence-corrected chi connectivity index (χ2v) is 16.6. The number of nitrogens with zero attached hydrogens (tertiary/aromatic N) is 3. The number of rotatable bonds is 2. The van der Waals surface area contributed by atoms with Gasteiger partial charge < -0.3 is 4.42 Å². The Morgan fingerprint density at radius 2 is 1.63 bits per heavy atom. The van der Waals surface area contributed by atoms with Crippen LogP contribution in [-0.2, 0) is 15.0 Å². The third kappa shape index (κ3) is 3.35. The van der Waals surface area contributed by atoms with Gasteiger partial charge in [0.15, 0.2) is 11.6 Å². The Hall–Kier alpha value is -2.55. The van der Waals surface area contributed by atoms with E-state index in [2.05, 4.69) is 45.8 Å². The minimum atomic E-state index is -0.649. The molecule has 1 aromatic heterocycles. The molecule has 6 aliphatic carbocycles. The molecule has 6 heteroatoms. The van der Waals surface area contributed by atoms with Crippen LogP contribution in [0.5, 0.6) is 0 Å². The van der Waals surface area contributed by atoms with E-state index in [1.807, 2.05) is 26.0 Å². The molecule has 4 fully saturated rings. The van der Waals surface area contributed by atoms with Gasteiger partial charge in [0, 0.05) is 22.7 Å². The van der Waals surface area contributed by atoms with E-state index < -0.39 is 10.8 Å². The van der Waals surface area contributed by atoms with Gasteiger partial charge in [-0.15, -0.1) is 10.2 Å². The van der Waals surface area contributed by atoms with Gasteiger partial charge in [0.1, 0.15) is 6.07 Å². The van der Waals surface area contributed by atoms with Crippen LogP contribution in [0.2, 0.25) is 0 Å². The van der Waals surface area contributed by atoms with Gasteiger partial charge in [0.2, 0.25) is 11.8 Å². The third-order valence-electron chi connectivity index (χ3n) is 13.7. The van der Waals surface area contributed by atoms with Gasteiger partial charge in [0.05, 0.1) is 11.0 Å². The van der Waals surface area contributed by atoms with Crippen molar-refractivity contribution in [3.05, 3.63) is 35.1 Å². The molecule has 218 valence electrons. The zero-order valence-electron chi connectivity index (χ0n) is 25.9. The van der Waals surface area contributed by atoms with Crippen LogP contribution in [0, 0.1) is 56.2 Å². The number of carbonyl (C=O) groups excluding carboxylic acids is 2. The normalized spacial score (nSPS) is 44.4. The number of Topliss-reactive ketones (excluding diaryl/α,β-unsaturated/α-hetero) is 1. The van der Waals surface area contributed by atoms with Crippen LogP contribution in [0.4, 0.5) is 0 Å². The largest absolute Gasteiger partial charge is 0.424 e. The zero-order chi connectivity index (χ0) is 29.4. The molecule has 0 aromatic carbocycles. The Labute approximate surface area is 244 Å². The number of hydrogen-bond donors (Lipinski definition) is 0. The van der Waals surface area contributed by atoms with Gasteiger partial charge in [-0.1, -0.05) is 60.1 Å². The van der Waals surface area contributed by atoms with Crippen molar-refractivity contribution < 1.29 is 14.0 Å². The number of ketones is 2. The number of carbonyl (C=O) groups is 2. The number of hydrogen-bond acceptors (Lipinski definition) is 6. The standard InChI is InChI=1S/C35H45N3O3/c1-30(2)12-14-35(29-38-37-28(41-29)20-8-9-20)15-13-34(7)26(22(35)18-30)23(39)16-25-32(5)17-21(19-36)27(40)31(3,4)24(32)10-11-33(25,34)6/h16-17,20,22,24,26H,8-15,18H2,1-7H3/t22?,24?,26?,32-,33+,34+,35-/m0/s1. The second kappa shape index (κ2) is 8.08. The highest BCUT2D eigenvalue weighted by atomic mass is 16.4. The first-order valence-electron chi connectivity index (χ1n) is 15.9. The van der Waals surface area contributed by atoms with Crippen LogP contribution < -0.4 is 0 Å². The maximum atomic E-state index is 14.7. The summed E-state index contributed by atoms with van der Waals surface area (Å²) in [6, 6.07) is 2.21. The molecule has 4 saturated carbocycles. The summed E-state index contributed by atoms with van der Waals surface area (Å²) in [5.41, 5.74) is -0.339. The quantitative estimate of drug-likeness (QED) is 0.377. The summed E-state index contributed by atoms with van der Waals surface area (Å²) in [4.78, 5) is 28.0. The highest BCUT2D eigenvalue weighted by Crippen LogP contribution is 2.74. The highest BCUT2D eigenvalue weighted by Gasteiger charge is 2.70. The number of fused-ring (bicyclic) bond motifs is 7. The summed E-state index contributed by atoms with van der Waals surface area (Å²) < 4.78 is 6.48. The van der Waals surface area contributed by atoms with E-state index >= 15 is 0 Å². The molecule has 0 saturated heterocycles. The van der Waals surface area contributed by atoms with Gasteiger partial charge in [-0.25, -0.2) is 0 Å². The van der Waals surface area contributed by atoms with Crippen LogP contribution >= 0.6 is 0 Å². The molecule has 7 rings (SSSR count). The predicted octanol–water partition coefficient (Wildman–Crippen LogP) is 7.42. The van der Waals surface area contributed by atoms with E-state index in [4.69, 9.17) is 9.52 Å². The molecule has 0 bridgehead atoms. The fraction of sp³-hybridized carbons (Fsp3) is 0.743. The molecule has 1 heterocycles. The van der Waals surface area contributed by atoms with E-state index in [0.717, 1.165) is 75.1 Å². The van der Waals surface area contributed by atoms with Gasteiger partial charge >= 0.3 is 0 Å². The maximum Gasteiger partial charge on any atom is 0.223 e. The molecule has 3 unspecified atom stereocenters. The smallest absolute Gasteiger partial charge is 0.223 e. The summed E-state index contributed by atoms with van der Waals surface area (Å²) in [6.45, 7) is 15.7. The minimum Gasteiger partial charge on any atom is -0.424 e. The average molecular weight is 556 g/mol. The summed E-state index contributed by atoms with van der Waals surface area (Å²) in [5, 5.41) is 19.2. The molecule has 0 radical (unpaired) electrons. The monoisotopic (exact) mass is 555 g/mol. The third-order valence-corrected chi connectivity index (χ3v) is 13.7. The van der Waals surface area contributed by atoms with E-state index in [1.165, 1.54) is 0 Å². The SMILES string of the molecule is CC1(C)CC[C@]2(c3nnc(C4CC4)o3)CC[C@]3(C)C(C(=O)C=C4[C@@]5(C)C=C(C#N)C(=O)C(C)(C)C5CC[C@]43C)C2C1. The van der Waals surface area contributed by atoms with Crippen LogP contribution in [0.25, 0.3) is 0 Å². The summed E-state index contributed by atoms with van der Waals surface area (Å²) in [7, 11) is 0. The molecule has 6 aliphatic rings. The Balaban J connectivity index is 1.38. The van der Waals surface area contributed by atoms with Crippen LogP contribution in [-0.4, -0.2) is 21.8 Å². The molecule has 1 aromatic rings. The maximum absolute atomic E-state index is 14.7. The lowest BCUT2D eigenvalue weighted by molar-refractivity contribution is -0.161. The van der Waals surface area contributed by atoms with Crippen LogP contribution in [0.1, 0.15) is 124 Å². The summed E-state index contributed by atoms with van der Waals surface area (Å²) in [5.74, 6) is 2.21. The van der Waals surface area contributed by atoms with Gasteiger partial charge in [0.25, 0.3) is 0 Å². The lowest BCUT2D eigenvalue weighted by Gasteiger charge is -2.68. The van der Waals surface area contributed by atoms with E-state index in [-0.39, 0.29) is 56.6 Å². The average Bonchev–Trinajstić information content (AvgIpc) is 3.63. The van der Waals surface area contributed by atoms with Crippen molar-refractivity contribution in [2.75, 3.05) is 0 Å². The van der Waals surface area contributed by atoms with E-state index in [9.17, 15) is 14.9 Å². The predicted molar refractivity (Wildman–Crippen MR) is 154 cm³/mol. The van der Waals surface area contributed by atoms with Crippen molar-refractivity contribution in [3.63, 3.8) is 0 Å². The zero-order valence-corrected chi connectivity index (χ0v) is 25.9. The lowest BCUT2D eigenvalue weighted by Crippen LogP contribution is -2.65. The van der Waals surface area contributed by atoms with E-state index in [0.29, 0.717) is 5.92 Å². The van der Waals surface area contributed by atoms with Crippen LogP contribution in [0.15, 0.2) is 27.7 Å². The molecule has 41 heavy (non-hydrogen) atoms. The van der Waals surface area contributed by atoms with Crippen LogP contribution in [0.3, 0.4) is 0 Å². The Kier molecular flexibility index (Phi) is 5.38. The molecular formula is C35H45N3O3. The molecule has 0 N–H and O–H groups in total. The van der Waals surface area contributed by atoms with Crippen molar-refractivity contribution in [2.24, 2.45) is 44.8 Å². The Morgan fingerprint density at radius 3 is 2.32 bits per heavy atom. The van der Waals surface area contributed by atoms with Crippen molar-refractivity contribution >= 4 is 11.6 Å². The van der Waals surface area contributed by atoms with E-state index in [1.54, 1.807) is 0 Å². The van der Waals surface area contributed by atoms with Crippen molar-refractivity contribution in [3.8, 4) is 6.07 Å². The van der Waals surface area contributed by atoms with Gasteiger partial charge in [-0.2, -0.15) is 5.26 Å². The molecular weight excluding hydrogens is 510 g/mol. The van der Waals surface area contributed by atoms with Crippen molar-refractivity contribution in [2.45, 2.75) is 118 Å². The number of nitriles is 1. The second-order valence-electron chi connectivity index (χ2n) is 16.6. The minimum absolute atomic E-state index is 0.0578. The van der Waals surface area contributed by atoms with Crippen molar-refractivity contribution in [1.82, 2.24) is 10.2 Å². The molecule has 0 aliphatic heterocycles. The summed E-state index contributed by atoms with van der Waals surface area (Å²) >= 11 is 0. The summed E-state index contributed by atoms with van der Waals surface area (Å²) in [6.07, 6.45) is 12.9. The Bertz CT molecular complexity index is 1470. The van der Waals surface area contributed by atoms with Gasteiger partial charge in [-0.05, 0) is 91.9 Å². The molecule has 6 nitrogen and oxygen atoms in total. The Morgan fingerprint density at radius 1 is 0.927 bits per heavy atom. The number of allylic oxidation sites excluding steroid dienone is 4. The molecule has 7 atom stereocenters. The van der Waals surface area contributed by atoms with Crippen molar-refractivity contribution in [1.29, 1.82) is 5.26 Å². The topological polar surface area (TPSA) is 96.8 Å². The fourth-order valence-corrected chi connectivity index (χ4v) is 10.9. The first-order chi connectivity index (χ1) is 19.1. The molecule has 0 spiro atoms. The first kappa shape index (κ1) is 27.3. The number of aromatic nitrogens is 2. The highest BCUT2D eigenvalue weighted by molar-refractivity contribution is 6.04. The van der Waals surface area contributed by atoms with Gasteiger partial charge in [-0.3, -0.25) is 9.59 Å². The fourth-order valence-electron chi connectivity index (χ4n) is 10.9.